The molecular formula is C20H24F4N6. The predicted molar refractivity (Wildman–Crippen MR) is 108 cm³/mol. The van der Waals surface area contributed by atoms with Crippen LogP contribution in [0, 0.1) is 11.7 Å². The van der Waals surface area contributed by atoms with Gasteiger partial charge in [0.25, 0.3) is 0 Å². The van der Waals surface area contributed by atoms with Crippen molar-refractivity contribution in [2.75, 3.05) is 24.5 Å². The Hall–Kier alpha value is -2.75. The van der Waals surface area contributed by atoms with E-state index in [4.69, 9.17) is 0 Å². The maximum absolute atomic E-state index is 13.7. The highest BCUT2D eigenvalue weighted by Gasteiger charge is 2.36. The smallest absolute Gasteiger partial charge is 0.354 e. The van der Waals surface area contributed by atoms with Gasteiger partial charge in [0.1, 0.15) is 17.3 Å². The number of hydrogen-bond donors (Lipinski definition) is 2. The van der Waals surface area contributed by atoms with Gasteiger partial charge in [0.05, 0.1) is 22.8 Å². The van der Waals surface area contributed by atoms with E-state index in [0.717, 1.165) is 31.3 Å². The summed E-state index contributed by atoms with van der Waals surface area (Å²) in [6, 6.07) is 3.76. The van der Waals surface area contributed by atoms with Crippen LogP contribution in [0.2, 0.25) is 0 Å². The van der Waals surface area contributed by atoms with E-state index in [9.17, 15) is 17.6 Å². The van der Waals surface area contributed by atoms with Crippen LogP contribution in [0.15, 0.2) is 24.4 Å². The summed E-state index contributed by atoms with van der Waals surface area (Å²) in [6.45, 7) is 6.26. The zero-order valence-corrected chi connectivity index (χ0v) is 16.6. The maximum Gasteiger partial charge on any atom is 0.418 e. The normalized spacial score (nSPS) is 17.8. The fraction of sp³-hybridized carbons (Fsp3) is 0.450. The van der Waals surface area contributed by atoms with Gasteiger partial charge >= 0.3 is 6.18 Å². The van der Waals surface area contributed by atoms with Crippen molar-refractivity contribution in [3.8, 4) is 11.4 Å². The Balaban J connectivity index is 0.00000272. The Bertz CT molecular complexity index is 1050. The average molecular weight is 424 g/mol. The molecule has 0 unspecified atom stereocenters. The highest BCUT2D eigenvalue weighted by atomic mass is 19.4. The molecule has 1 saturated heterocycles. The minimum absolute atomic E-state index is 0. The minimum Gasteiger partial charge on any atom is -0.354 e. The number of fused-ring (bicyclic) bond motifs is 1. The zero-order valence-electron chi connectivity index (χ0n) is 16.6. The molecule has 3 aromatic heterocycles. The highest BCUT2D eigenvalue weighted by molar-refractivity contribution is 5.90. The number of aromatic amines is 1. The van der Waals surface area contributed by atoms with Gasteiger partial charge < -0.3 is 10.2 Å². The second-order valence-corrected chi connectivity index (χ2v) is 7.91. The van der Waals surface area contributed by atoms with Gasteiger partial charge in [0.15, 0.2) is 5.65 Å². The second kappa shape index (κ2) is 7.82. The van der Waals surface area contributed by atoms with Crippen LogP contribution in [0.1, 0.15) is 27.3 Å². The fourth-order valence-corrected chi connectivity index (χ4v) is 3.86. The standard InChI is InChI=1S/C20H22F4N6.H2/c1-11(2)7-13-10-30(6-5-25-13)16-4-3-15(20(22,23)24)18(27-16)17-14-8-12(21)9-26-19(14)29-28-17;/h3-4,8-9,11,13,25H,5-7,10H2,1-2H3,(H,26,28,29);1H/t13-;/m0./s1. The quantitative estimate of drug-likeness (QED) is 0.613. The van der Waals surface area contributed by atoms with Crippen molar-refractivity contribution in [2.45, 2.75) is 32.5 Å². The Kier molecular flexibility index (Phi) is 5.35. The number of anilines is 1. The van der Waals surface area contributed by atoms with Gasteiger partial charge in [-0.3, -0.25) is 5.10 Å². The summed E-state index contributed by atoms with van der Waals surface area (Å²) < 4.78 is 54.8. The van der Waals surface area contributed by atoms with Crippen LogP contribution in [0.5, 0.6) is 0 Å². The molecule has 0 amide bonds. The van der Waals surface area contributed by atoms with E-state index in [1.165, 1.54) is 6.07 Å². The van der Waals surface area contributed by atoms with E-state index < -0.39 is 17.6 Å². The number of nitrogens with zero attached hydrogens (tertiary/aromatic N) is 4. The molecule has 0 bridgehead atoms. The molecule has 1 fully saturated rings. The summed E-state index contributed by atoms with van der Waals surface area (Å²) in [5.41, 5.74) is -1.09. The molecule has 1 atom stereocenters. The van der Waals surface area contributed by atoms with Crippen molar-refractivity contribution in [1.82, 2.24) is 25.5 Å². The molecule has 3 aromatic rings. The zero-order chi connectivity index (χ0) is 21.5. The van der Waals surface area contributed by atoms with Gasteiger partial charge in [0.2, 0.25) is 0 Å². The Morgan fingerprint density at radius 2 is 2.10 bits per heavy atom. The van der Waals surface area contributed by atoms with Crippen molar-refractivity contribution in [2.24, 2.45) is 5.92 Å². The average Bonchev–Trinajstić information content (AvgIpc) is 3.09. The van der Waals surface area contributed by atoms with E-state index in [2.05, 4.69) is 39.3 Å². The van der Waals surface area contributed by atoms with Crippen LogP contribution in [-0.4, -0.2) is 45.8 Å². The molecule has 0 aliphatic carbocycles. The molecule has 162 valence electrons. The molecule has 0 saturated carbocycles. The van der Waals surface area contributed by atoms with Gasteiger partial charge in [-0.25, -0.2) is 14.4 Å². The van der Waals surface area contributed by atoms with Crippen molar-refractivity contribution in [3.05, 3.63) is 35.8 Å². The number of H-pyrrole nitrogens is 1. The lowest BCUT2D eigenvalue weighted by Crippen LogP contribution is -2.51. The molecule has 6 nitrogen and oxygen atoms in total. The Labute approximate surface area is 172 Å². The molecule has 2 N–H and O–H groups in total. The molecular weight excluding hydrogens is 400 g/mol. The second-order valence-electron chi connectivity index (χ2n) is 7.91. The van der Waals surface area contributed by atoms with Crippen LogP contribution in [0.4, 0.5) is 23.4 Å². The molecule has 1 aliphatic heterocycles. The van der Waals surface area contributed by atoms with E-state index in [-0.39, 0.29) is 29.9 Å². The third-order valence-electron chi connectivity index (χ3n) is 5.13. The van der Waals surface area contributed by atoms with Crippen LogP contribution in [0.3, 0.4) is 0 Å². The fourth-order valence-electron chi connectivity index (χ4n) is 3.86. The number of halogens is 4. The van der Waals surface area contributed by atoms with E-state index in [0.29, 0.717) is 24.8 Å². The summed E-state index contributed by atoms with van der Waals surface area (Å²) in [4.78, 5) is 10.2. The van der Waals surface area contributed by atoms with Gasteiger partial charge in [-0.05, 0) is 30.5 Å². The summed E-state index contributed by atoms with van der Waals surface area (Å²) in [7, 11) is 0. The summed E-state index contributed by atoms with van der Waals surface area (Å²) >= 11 is 0. The first kappa shape index (κ1) is 20.5. The number of rotatable bonds is 4. The first-order valence-electron chi connectivity index (χ1n) is 9.79. The molecule has 0 radical (unpaired) electrons. The third kappa shape index (κ3) is 4.09. The van der Waals surface area contributed by atoms with Crippen molar-refractivity contribution < 1.29 is 19.0 Å². The monoisotopic (exact) mass is 424 g/mol. The van der Waals surface area contributed by atoms with Crippen LogP contribution < -0.4 is 10.2 Å². The molecule has 0 aromatic carbocycles. The minimum atomic E-state index is -4.62. The van der Waals surface area contributed by atoms with Crippen molar-refractivity contribution >= 4 is 16.9 Å². The number of nitrogens with one attached hydrogen (secondary N) is 2. The number of hydrogen-bond acceptors (Lipinski definition) is 5. The van der Waals surface area contributed by atoms with Crippen LogP contribution in [0.25, 0.3) is 22.4 Å². The van der Waals surface area contributed by atoms with Gasteiger partial charge in [-0.1, -0.05) is 13.8 Å². The Morgan fingerprint density at radius 3 is 2.83 bits per heavy atom. The lowest BCUT2D eigenvalue weighted by Gasteiger charge is -2.35. The summed E-state index contributed by atoms with van der Waals surface area (Å²) in [5.74, 6) is 0.284. The molecule has 4 heterocycles. The molecule has 1 aliphatic rings. The number of piperazine rings is 1. The predicted octanol–water partition coefficient (Wildman–Crippen LogP) is 4.25. The SMILES string of the molecule is CC(C)C[C@H]1CN(c2ccc(C(F)(F)F)c(-c3[nH]nc4ncc(F)cc34)n2)CCN1.[HH]. The van der Waals surface area contributed by atoms with Crippen molar-refractivity contribution in [3.63, 3.8) is 0 Å². The van der Waals surface area contributed by atoms with Gasteiger partial charge in [-0.15, -0.1) is 0 Å². The van der Waals surface area contributed by atoms with Crippen LogP contribution >= 0.6 is 0 Å². The van der Waals surface area contributed by atoms with E-state index in [1.807, 2.05) is 4.90 Å². The van der Waals surface area contributed by atoms with E-state index in [1.54, 1.807) is 0 Å². The summed E-state index contributed by atoms with van der Waals surface area (Å²) in [6.07, 6.45) is -2.69. The number of pyridine rings is 2. The first-order valence-corrected chi connectivity index (χ1v) is 9.79. The van der Waals surface area contributed by atoms with Crippen molar-refractivity contribution in [1.29, 1.82) is 0 Å². The lowest BCUT2D eigenvalue weighted by atomic mass is 10.0. The highest BCUT2D eigenvalue weighted by Crippen LogP contribution is 2.38. The topological polar surface area (TPSA) is 69.7 Å². The van der Waals surface area contributed by atoms with Gasteiger partial charge in [-0.2, -0.15) is 18.3 Å². The largest absolute Gasteiger partial charge is 0.418 e. The molecule has 4 rings (SSSR count). The lowest BCUT2D eigenvalue weighted by molar-refractivity contribution is -0.137. The van der Waals surface area contributed by atoms with Crippen LogP contribution in [-0.2, 0) is 6.18 Å². The van der Waals surface area contributed by atoms with E-state index >= 15 is 0 Å². The third-order valence-corrected chi connectivity index (χ3v) is 5.13. The molecule has 30 heavy (non-hydrogen) atoms. The molecule has 10 heteroatoms. The number of alkyl halides is 3. The van der Waals surface area contributed by atoms with Gasteiger partial charge in [0, 0.05) is 27.1 Å². The summed E-state index contributed by atoms with van der Waals surface area (Å²) in [5, 5.41) is 10.1. The molecule has 0 spiro atoms. The first-order chi connectivity index (χ1) is 14.2. The number of aromatic nitrogens is 4. The Morgan fingerprint density at radius 1 is 1.30 bits per heavy atom. The maximum atomic E-state index is 13.7.